The Balaban J connectivity index is 1.70. The summed E-state index contributed by atoms with van der Waals surface area (Å²) in [4.78, 5) is 4.93. The predicted molar refractivity (Wildman–Crippen MR) is 105 cm³/mol. The number of rotatable bonds is 5. The second-order valence-electron chi connectivity index (χ2n) is 7.79. The van der Waals surface area contributed by atoms with Crippen molar-refractivity contribution in [2.45, 2.75) is 65.2 Å². The van der Waals surface area contributed by atoms with Crippen LogP contribution in [0.3, 0.4) is 0 Å². The highest BCUT2D eigenvalue weighted by Crippen LogP contribution is 2.26. The maximum Gasteiger partial charge on any atom is 0.169 e. The van der Waals surface area contributed by atoms with Gasteiger partial charge < -0.3 is 9.80 Å². The summed E-state index contributed by atoms with van der Waals surface area (Å²) in [6.07, 6.45) is 9.87. The summed E-state index contributed by atoms with van der Waals surface area (Å²) in [6, 6.07) is 2.43. The number of nitrogens with zero attached hydrogens (tertiary/aromatic N) is 5. The molecule has 0 aromatic carbocycles. The van der Waals surface area contributed by atoms with Gasteiger partial charge in [-0.15, -0.1) is 5.10 Å². The van der Waals surface area contributed by atoms with Crippen molar-refractivity contribution in [1.82, 2.24) is 15.1 Å². The highest BCUT2D eigenvalue weighted by atomic mass is 15.3. The average molecular weight is 356 g/mol. The van der Waals surface area contributed by atoms with Crippen LogP contribution in [0.15, 0.2) is 0 Å². The van der Waals surface area contributed by atoms with Crippen LogP contribution >= 0.6 is 0 Å². The molecule has 0 N–H and O–H groups in total. The third kappa shape index (κ3) is 4.35. The minimum atomic E-state index is 0.750. The molecule has 5 nitrogen and oxygen atoms in total. The van der Waals surface area contributed by atoms with Crippen LogP contribution in [0.25, 0.3) is 0 Å². The van der Waals surface area contributed by atoms with E-state index in [1.165, 1.54) is 38.6 Å². The molecule has 0 amide bonds. The van der Waals surface area contributed by atoms with Gasteiger partial charge in [-0.05, 0) is 50.1 Å². The lowest BCUT2D eigenvalue weighted by atomic mass is 9.89. The molecule has 1 aromatic rings. The zero-order valence-corrected chi connectivity index (χ0v) is 16.5. The smallest absolute Gasteiger partial charge is 0.169 e. The first kappa shape index (κ1) is 19.1. The van der Waals surface area contributed by atoms with Crippen molar-refractivity contribution in [3.8, 4) is 6.07 Å². The molecule has 26 heavy (non-hydrogen) atoms. The Bertz CT molecular complexity index is 630. The molecule has 1 aliphatic carbocycles. The van der Waals surface area contributed by atoms with Gasteiger partial charge in [0, 0.05) is 26.2 Å². The molecule has 5 heteroatoms. The molecule has 0 atom stereocenters. The molecule has 0 spiro atoms. The fourth-order valence-electron chi connectivity index (χ4n) is 4.60. The molecule has 1 aliphatic heterocycles. The zero-order chi connectivity index (χ0) is 18.4. The molecule has 0 unspecified atom stereocenters. The summed E-state index contributed by atoms with van der Waals surface area (Å²) >= 11 is 0. The third-order valence-electron chi connectivity index (χ3n) is 6.07. The van der Waals surface area contributed by atoms with Gasteiger partial charge in [0.1, 0.15) is 11.6 Å². The number of hydrogen-bond acceptors (Lipinski definition) is 5. The SMILES string of the molecule is CCc1nnc(N2CCCN(CC3CCCCC3)CC2)c(C#N)c1CC. The first-order chi connectivity index (χ1) is 12.8. The molecule has 142 valence electrons. The maximum atomic E-state index is 9.76. The molecule has 2 aliphatic rings. The third-order valence-corrected chi connectivity index (χ3v) is 6.07. The van der Waals surface area contributed by atoms with E-state index in [9.17, 15) is 5.26 Å². The van der Waals surface area contributed by atoms with Gasteiger partial charge in [-0.2, -0.15) is 10.4 Å². The van der Waals surface area contributed by atoms with E-state index in [2.05, 4.69) is 39.9 Å². The number of anilines is 1. The van der Waals surface area contributed by atoms with Crippen LogP contribution in [0.5, 0.6) is 0 Å². The van der Waals surface area contributed by atoms with Crippen molar-refractivity contribution in [1.29, 1.82) is 5.26 Å². The van der Waals surface area contributed by atoms with E-state index < -0.39 is 0 Å². The first-order valence-electron chi connectivity index (χ1n) is 10.5. The fraction of sp³-hybridized carbons (Fsp3) is 0.762. The number of aryl methyl sites for hydroxylation is 1. The molecule has 2 heterocycles. The number of hydrogen-bond donors (Lipinski definition) is 0. The molecular formula is C21H33N5. The Morgan fingerprint density at radius 1 is 0.962 bits per heavy atom. The predicted octanol–water partition coefficient (Wildman–Crippen LogP) is 3.57. The Hall–Kier alpha value is -1.67. The number of nitriles is 1. The summed E-state index contributed by atoms with van der Waals surface area (Å²) in [6.45, 7) is 9.59. The summed E-state index contributed by atoms with van der Waals surface area (Å²) in [5.41, 5.74) is 2.81. The molecule has 2 fully saturated rings. The van der Waals surface area contributed by atoms with Crippen molar-refractivity contribution in [2.75, 3.05) is 37.6 Å². The molecular weight excluding hydrogens is 322 g/mol. The fourth-order valence-corrected chi connectivity index (χ4v) is 4.60. The van der Waals surface area contributed by atoms with Gasteiger partial charge in [0.25, 0.3) is 0 Å². The Morgan fingerprint density at radius 3 is 2.46 bits per heavy atom. The van der Waals surface area contributed by atoms with E-state index >= 15 is 0 Å². The van der Waals surface area contributed by atoms with Gasteiger partial charge in [-0.1, -0.05) is 33.1 Å². The van der Waals surface area contributed by atoms with Crippen LogP contribution in [0.4, 0.5) is 5.82 Å². The Labute approximate surface area is 158 Å². The lowest BCUT2D eigenvalue weighted by molar-refractivity contribution is 0.211. The van der Waals surface area contributed by atoms with E-state index in [4.69, 9.17) is 0 Å². The maximum absolute atomic E-state index is 9.76. The summed E-state index contributed by atoms with van der Waals surface area (Å²) in [7, 11) is 0. The molecule has 1 saturated heterocycles. The lowest BCUT2D eigenvalue weighted by Gasteiger charge is -2.29. The summed E-state index contributed by atoms with van der Waals surface area (Å²) < 4.78 is 0. The Kier molecular flexibility index (Phi) is 6.85. The van der Waals surface area contributed by atoms with Crippen LogP contribution in [0.2, 0.25) is 0 Å². The molecule has 3 rings (SSSR count). The molecule has 1 saturated carbocycles. The second kappa shape index (κ2) is 9.32. The normalized spacial score (nSPS) is 20.0. The van der Waals surface area contributed by atoms with E-state index in [-0.39, 0.29) is 0 Å². The second-order valence-corrected chi connectivity index (χ2v) is 7.79. The standard InChI is InChI=1S/C21H33N5/c1-3-18-19(15-22)21(24-23-20(18)4-2)26-12-8-11-25(13-14-26)16-17-9-6-5-7-10-17/h17H,3-14,16H2,1-2H3. The van der Waals surface area contributed by atoms with Crippen molar-refractivity contribution in [3.05, 3.63) is 16.8 Å². The summed E-state index contributed by atoms with van der Waals surface area (Å²) in [5, 5.41) is 18.7. The summed E-state index contributed by atoms with van der Waals surface area (Å²) in [5.74, 6) is 1.70. The van der Waals surface area contributed by atoms with Gasteiger partial charge in [0.05, 0.1) is 5.69 Å². The van der Waals surface area contributed by atoms with Crippen LogP contribution < -0.4 is 4.90 Å². The van der Waals surface area contributed by atoms with E-state index in [1.54, 1.807) is 0 Å². The minimum Gasteiger partial charge on any atom is -0.353 e. The first-order valence-corrected chi connectivity index (χ1v) is 10.5. The quantitative estimate of drug-likeness (QED) is 0.808. The largest absolute Gasteiger partial charge is 0.353 e. The molecule has 1 aromatic heterocycles. The van der Waals surface area contributed by atoms with Gasteiger partial charge in [-0.3, -0.25) is 0 Å². The van der Waals surface area contributed by atoms with Gasteiger partial charge in [0.15, 0.2) is 5.82 Å². The monoisotopic (exact) mass is 355 g/mol. The topological polar surface area (TPSA) is 56.1 Å². The lowest BCUT2D eigenvalue weighted by Crippen LogP contribution is -2.35. The number of aromatic nitrogens is 2. The van der Waals surface area contributed by atoms with Gasteiger partial charge >= 0.3 is 0 Å². The highest BCUT2D eigenvalue weighted by Gasteiger charge is 2.24. The van der Waals surface area contributed by atoms with Crippen molar-refractivity contribution in [3.63, 3.8) is 0 Å². The van der Waals surface area contributed by atoms with E-state index in [1.807, 2.05) is 0 Å². The van der Waals surface area contributed by atoms with Crippen LogP contribution in [-0.4, -0.2) is 47.8 Å². The van der Waals surface area contributed by atoms with E-state index in [0.29, 0.717) is 0 Å². The highest BCUT2D eigenvalue weighted by molar-refractivity contribution is 5.58. The molecule has 0 bridgehead atoms. The average Bonchev–Trinajstić information content (AvgIpc) is 2.93. The van der Waals surface area contributed by atoms with Crippen LogP contribution in [-0.2, 0) is 12.8 Å². The Morgan fingerprint density at radius 2 is 1.77 bits per heavy atom. The zero-order valence-electron chi connectivity index (χ0n) is 16.5. The van der Waals surface area contributed by atoms with Gasteiger partial charge in [0.2, 0.25) is 0 Å². The van der Waals surface area contributed by atoms with Crippen molar-refractivity contribution in [2.24, 2.45) is 5.92 Å². The van der Waals surface area contributed by atoms with Crippen LogP contribution in [0, 0.1) is 17.2 Å². The van der Waals surface area contributed by atoms with E-state index in [0.717, 1.165) is 74.0 Å². The van der Waals surface area contributed by atoms with Gasteiger partial charge in [-0.25, -0.2) is 0 Å². The van der Waals surface area contributed by atoms with Crippen molar-refractivity contribution < 1.29 is 0 Å². The van der Waals surface area contributed by atoms with Crippen LogP contribution in [0.1, 0.15) is 69.2 Å². The minimum absolute atomic E-state index is 0.750. The van der Waals surface area contributed by atoms with Crippen molar-refractivity contribution >= 4 is 5.82 Å². The molecule has 0 radical (unpaired) electrons.